The van der Waals surface area contributed by atoms with Crippen LogP contribution in [-0.4, -0.2) is 21.3 Å². The third-order valence-electron chi connectivity index (χ3n) is 4.89. The summed E-state index contributed by atoms with van der Waals surface area (Å²) >= 11 is 0. The van der Waals surface area contributed by atoms with Crippen LogP contribution in [0.15, 0.2) is 66.7 Å². The van der Waals surface area contributed by atoms with Gasteiger partial charge in [-0.1, -0.05) is 42.5 Å². The van der Waals surface area contributed by atoms with Crippen molar-refractivity contribution in [3.05, 3.63) is 83.4 Å². The molecule has 3 rings (SSSR count). The zero-order valence-corrected chi connectivity index (χ0v) is 17.3. The summed E-state index contributed by atoms with van der Waals surface area (Å²) in [5, 5.41) is 0. The SMILES string of the molecule is COc1ccc(CCCc2ccc(OCc3ccccc3)cc2OC)c(OC)c1. The van der Waals surface area contributed by atoms with Crippen LogP contribution < -0.4 is 18.9 Å². The Morgan fingerprint density at radius 1 is 0.621 bits per heavy atom. The van der Waals surface area contributed by atoms with E-state index in [2.05, 4.69) is 24.3 Å². The highest BCUT2D eigenvalue weighted by Crippen LogP contribution is 2.29. The molecule has 4 heteroatoms. The van der Waals surface area contributed by atoms with Gasteiger partial charge in [-0.25, -0.2) is 0 Å². The minimum Gasteiger partial charge on any atom is -0.497 e. The Kier molecular flexibility index (Phi) is 7.40. The van der Waals surface area contributed by atoms with Crippen LogP contribution in [0.4, 0.5) is 0 Å². The zero-order valence-electron chi connectivity index (χ0n) is 17.3. The first kappa shape index (κ1) is 20.6. The van der Waals surface area contributed by atoms with Crippen molar-refractivity contribution in [2.24, 2.45) is 0 Å². The Hall–Kier alpha value is -3.14. The van der Waals surface area contributed by atoms with Crippen molar-refractivity contribution < 1.29 is 18.9 Å². The molecule has 0 heterocycles. The van der Waals surface area contributed by atoms with Gasteiger partial charge in [0, 0.05) is 12.1 Å². The number of methoxy groups -OCH3 is 3. The Morgan fingerprint density at radius 2 is 1.21 bits per heavy atom. The van der Waals surface area contributed by atoms with E-state index in [1.54, 1.807) is 21.3 Å². The third-order valence-corrected chi connectivity index (χ3v) is 4.89. The van der Waals surface area contributed by atoms with Crippen molar-refractivity contribution in [2.45, 2.75) is 25.9 Å². The molecular weight excluding hydrogens is 364 g/mol. The van der Waals surface area contributed by atoms with Crippen molar-refractivity contribution >= 4 is 0 Å². The first-order valence-corrected chi connectivity index (χ1v) is 9.78. The average Bonchev–Trinajstić information content (AvgIpc) is 2.79. The van der Waals surface area contributed by atoms with Gasteiger partial charge in [-0.05, 0) is 48.1 Å². The lowest BCUT2D eigenvalue weighted by molar-refractivity contribution is 0.303. The van der Waals surface area contributed by atoms with Gasteiger partial charge in [0.05, 0.1) is 21.3 Å². The molecule has 0 atom stereocenters. The van der Waals surface area contributed by atoms with E-state index < -0.39 is 0 Å². The molecule has 0 aromatic heterocycles. The van der Waals surface area contributed by atoms with Crippen LogP contribution in [0.5, 0.6) is 23.0 Å². The third kappa shape index (κ3) is 5.67. The smallest absolute Gasteiger partial charge is 0.125 e. The monoisotopic (exact) mass is 392 g/mol. The van der Waals surface area contributed by atoms with E-state index in [-0.39, 0.29) is 0 Å². The van der Waals surface area contributed by atoms with Crippen LogP contribution in [0.3, 0.4) is 0 Å². The molecule has 0 saturated heterocycles. The predicted molar refractivity (Wildman–Crippen MR) is 115 cm³/mol. The molecule has 0 fully saturated rings. The molecule has 0 saturated carbocycles. The fourth-order valence-corrected chi connectivity index (χ4v) is 3.29. The summed E-state index contributed by atoms with van der Waals surface area (Å²) in [6, 6.07) is 22.2. The zero-order chi connectivity index (χ0) is 20.5. The molecule has 29 heavy (non-hydrogen) atoms. The Balaban J connectivity index is 1.59. The van der Waals surface area contributed by atoms with Crippen LogP contribution >= 0.6 is 0 Å². The van der Waals surface area contributed by atoms with E-state index in [1.807, 2.05) is 42.5 Å². The van der Waals surface area contributed by atoms with Gasteiger partial charge in [0.2, 0.25) is 0 Å². The second-order valence-electron chi connectivity index (χ2n) is 6.78. The summed E-state index contributed by atoms with van der Waals surface area (Å²) in [4.78, 5) is 0. The minimum absolute atomic E-state index is 0.542. The highest BCUT2D eigenvalue weighted by molar-refractivity contribution is 5.42. The van der Waals surface area contributed by atoms with Gasteiger partial charge in [0.25, 0.3) is 0 Å². The lowest BCUT2D eigenvalue weighted by atomic mass is 10.0. The topological polar surface area (TPSA) is 36.9 Å². The van der Waals surface area contributed by atoms with Crippen molar-refractivity contribution in [3.63, 3.8) is 0 Å². The molecule has 0 N–H and O–H groups in total. The van der Waals surface area contributed by atoms with Gasteiger partial charge in [-0.15, -0.1) is 0 Å². The standard InChI is InChI=1S/C25H28O4/c1-26-22-14-12-20(24(16-22)27-2)10-7-11-21-13-15-23(17-25(21)28-3)29-18-19-8-5-4-6-9-19/h4-6,8-9,12-17H,7,10-11,18H2,1-3H3. The normalized spacial score (nSPS) is 10.4. The molecule has 3 aromatic rings. The number of benzene rings is 3. The van der Waals surface area contributed by atoms with Crippen LogP contribution in [0.25, 0.3) is 0 Å². The lowest BCUT2D eigenvalue weighted by Crippen LogP contribution is -1.99. The summed E-state index contributed by atoms with van der Waals surface area (Å²) in [5.74, 6) is 3.34. The number of rotatable bonds is 10. The number of hydrogen-bond donors (Lipinski definition) is 0. The highest BCUT2D eigenvalue weighted by atomic mass is 16.5. The number of aryl methyl sites for hydroxylation is 2. The molecule has 0 aliphatic rings. The van der Waals surface area contributed by atoms with Gasteiger partial charge < -0.3 is 18.9 Å². The lowest BCUT2D eigenvalue weighted by Gasteiger charge is -2.13. The van der Waals surface area contributed by atoms with Crippen molar-refractivity contribution in [3.8, 4) is 23.0 Å². The summed E-state index contributed by atoms with van der Waals surface area (Å²) < 4.78 is 22.3. The van der Waals surface area contributed by atoms with E-state index in [1.165, 1.54) is 11.1 Å². The molecule has 152 valence electrons. The largest absolute Gasteiger partial charge is 0.497 e. The van der Waals surface area contributed by atoms with E-state index in [0.717, 1.165) is 47.8 Å². The molecule has 0 aliphatic heterocycles. The van der Waals surface area contributed by atoms with Crippen LogP contribution in [0.2, 0.25) is 0 Å². The van der Waals surface area contributed by atoms with Gasteiger partial charge in [0.15, 0.2) is 0 Å². The van der Waals surface area contributed by atoms with E-state index in [4.69, 9.17) is 18.9 Å². The molecule has 3 aromatic carbocycles. The maximum absolute atomic E-state index is 5.91. The van der Waals surface area contributed by atoms with E-state index in [0.29, 0.717) is 6.61 Å². The Labute approximate surface area is 173 Å². The number of ether oxygens (including phenoxy) is 4. The molecule has 0 unspecified atom stereocenters. The average molecular weight is 392 g/mol. The molecule has 0 aliphatic carbocycles. The van der Waals surface area contributed by atoms with Crippen LogP contribution in [-0.2, 0) is 19.4 Å². The molecule has 0 spiro atoms. The quantitative estimate of drug-likeness (QED) is 0.459. The predicted octanol–water partition coefficient (Wildman–Crippen LogP) is 5.47. The van der Waals surface area contributed by atoms with Crippen molar-refractivity contribution in [1.82, 2.24) is 0 Å². The maximum atomic E-state index is 5.91. The van der Waals surface area contributed by atoms with Gasteiger partial charge in [-0.2, -0.15) is 0 Å². The molecule has 0 radical (unpaired) electrons. The van der Waals surface area contributed by atoms with Crippen molar-refractivity contribution in [2.75, 3.05) is 21.3 Å². The maximum Gasteiger partial charge on any atom is 0.125 e. The van der Waals surface area contributed by atoms with Gasteiger partial charge >= 0.3 is 0 Å². The summed E-state index contributed by atoms with van der Waals surface area (Å²) in [6.45, 7) is 0.542. The van der Waals surface area contributed by atoms with Crippen LogP contribution in [0.1, 0.15) is 23.1 Å². The fraction of sp³-hybridized carbons (Fsp3) is 0.280. The molecule has 0 bridgehead atoms. The first-order valence-electron chi connectivity index (χ1n) is 9.78. The second-order valence-corrected chi connectivity index (χ2v) is 6.78. The number of hydrogen-bond acceptors (Lipinski definition) is 4. The summed E-state index contributed by atoms with van der Waals surface area (Å²) in [6.07, 6.45) is 2.82. The summed E-state index contributed by atoms with van der Waals surface area (Å²) in [7, 11) is 5.05. The Bertz CT molecular complexity index is 906. The second kappa shape index (κ2) is 10.4. The molecule has 4 nitrogen and oxygen atoms in total. The molecular formula is C25H28O4. The Morgan fingerprint density at radius 3 is 1.79 bits per heavy atom. The van der Waals surface area contributed by atoms with E-state index >= 15 is 0 Å². The first-order chi connectivity index (χ1) is 14.2. The fourth-order valence-electron chi connectivity index (χ4n) is 3.29. The highest BCUT2D eigenvalue weighted by Gasteiger charge is 2.09. The van der Waals surface area contributed by atoms with Crippen LogP contribution in [0, 0.1) is 0 Å². The minimum atomic E-state index is 0.542. The van der Waals surface area contributed by atoms with Gasteiger partial charge in [-0.3, -0.25) is 0 Å². The van der Waals surface area contributed by atoms with E-state index in [9.17, 15) is 0 Å². The van der Waals surface area contributed by atoms with Crippen molar-refractivity contribution in [1.29, 1.82) is 0 Å². The van der Waals surface area contributed by atoms with Gasteiger partial charge in [0.1, 0.15) is 29.6 Å². The molecule has 0 amide bonds. The summed E-state index contributed by atoms with van der Waals surface area (Å²) in [5.41, 5.74) is 3.49.